The molecule has 22 heavy (non-hydrogen) atoms. The third-order valence-corrected chi connectivity index (χ3v) is 13.7. The van der Waals surface area contributed by atoms with E-state index in [2.05, 4.69) is 58.9 Å². The first-order valence-electron chi connectivity index (χ1n) is 5.87. The van der Waals surface area contributed by atoms with Crippen molar-refractivity contribution in [1.29, 1.82) is 0 Å². The molecule has 0 aromatic rings. The highest BCUT2D eigenvalue weighted by Crippen LogP contribution is 2.17. The molecule has 146 valence electrons. The van der Waals surface area contributed by atoms with E-state index in [-0.39, 0.29) is 44.6 Å². The minimum absolute atomic E-state index is 0. The molecule has 1 atom stereocenters. The van der Waals surface area contributed by atoms with Crippen LogP contribution in [0, 0.1) is 0 Å². The predicted octanol–water partition coefficient (Wildman–Crippen LogP) is 7.07. The molecule has 0 aliphatic carbocycles. The van der Waals surface area contributed by atoms with Crippen LogP contribution in [0.1, 0.15) is 44.6 Å². The second-order valence-corrected chi connectivity index (χ2v) is 21.6. The van der Waals surface area contributed by atoms with E-state index in [1.165, 1.54) is 0 Å². The van der Waals surface area contributed by atoms with Crippen LogP contribution in [0.2, 0.25) is 58.9 Å². The molecule has 0 spiro atoms. The van der Waals surface area contributed by atoms with Gasteiger partial charge in [-0.15, -0.1) is 0 Å². The van der Waals surface area contributed by atoms with Gasteiger partial charge in [0.25, 0.3) is 9.28 Å². The molecule has 7 heteroatoms. The topological polar surface area (TPSA) is 27.7 Å². The molecule has 0 bridgehead atoms. The Kier molecular flexibility index (Phi) is 30.1. The Labute approximate surface area is 150 Å². The van der Waals surface area contributed by atoms with Crippen molar-refractivity contribution in [2.75, 3.05) is 0 Å². The van der Waals surface area contributed by atoms with Crippen LogP contribution in [0.4, 0.5) is 0 Å². The zero-order valence-electron chi connectivity index (χ0n) is 12.3. The molecule has 3 nitrogen and oxygen atoms in total. The Hall–Kier alpha value is 0.748. The van der Waals surface area contributed by atoms with Gasteiger partial charge >= 0.3 is 8.56 Å². The van der Waals surface area contributed by atoms with Gasteiger partial charge in [0, 0.05) is 0 Å². The van der Waals surface area contributed by atoms with Gasteiger partial charge in [-0.2, -0.15) is 0 Å². The Morgan fingerprint density at radius 1 is 0.545 bits per heavy atom. The third kappa shape index (κ3) is 28.8. The van der Waals surface area contributed by atoms with E-state index in [0.717, 1.165) is 0 Å². The van der Waals surface area contributed by atoms with Crippen LogP contribution in [0.5, 0.6) is 0 Å². The molecular weight excluding hydrogens is 341 g/mol. The Bertz CT molecular complexity index is 224. The summed E-state index contributed by atoms with van der Waals surface area (Å²) in [6, 6.07) is 0. The summed E-state index contributed by atoms with van der Waals surface area (Å²) in [6.45, 7) is 19.6. The predicted molar refractivity (Wildman–Crippen MR) is 121 cm³/mol. The molecule has 0 radical (unpaired) electrons. The summed E-state index contributed by atoms with van der Waals surface area (Å²) in [5.74, 6) is 0. The molecule has 0 aromatic heterocycles. The lowest BCUT2D eigenvalue weighted by Crippen LogP contribution is -2.49. The highest BCUT2D eigenvalue weighted by atomic mass is 28.5. The average molecular weight is 393 g/mol. The molecule has 0 fully saturated rings. The van der Waals surface area contributed by atoms with Crippen LogP contribution in [0.25, 0.3) is 0 Å². The summed E-state index contributed by atoms with van der Waals surface area (Å²) < 4.78 is 18.2. The van der Waals surface area contributed by atoms with Crippen LogP contribution in [-0.2, 0) is 12.3 Å². The molecule has 0 heterocycles. The van der Waals surface area contributed by atoms with Crippen molar-refractivity contribution < 1.29 is 12.3 Å². The summed E-state index contributed by atoms with van der Waals surface area (Å²) >= 11 is 0. The first kappa shape index (κ1) is 43.4. The minimum Gasteiger partial charge on any atom is -0.439 e. The molecule has 0 aliphatic heterocycles. The standard InChI is InChI=1S/C9H28O3Si4.6CH4/c1-13(10-14(2,3)4)11-16(8,9)12-15(5,6)7;;;;;;/h13H,1-9H3;6*1H4. The van der Waals surface area contributed by atoms with Gasteiger partial charge in [0.2, 0.25) is 0 Å². The van der Waals surface area contributed by atoms with Crippen molar-refractivity contribution in [1.82, 2.24) is 0 Å². The van der Waals surface area contributed by atoms with Gasteiger partial charge in [0.15, 0.2) is 16.6 Å². The van der Waals surface area contributed by atoms with E-state index in [0.29, 0.717) is 0 Å². The monoisotopic (exact) mass is 392 g/mol. The summed E-state index contributed by atoms with van der Waals surface area (Å²) in [5.41, 5.74) is 0. The lowest BCUT2D eigenvalue weighted by Gasteiger charge is -2.34. The Balaban J connectivity index is -0.0000000750. The zero-order chi connectivity index (χ0) is 13.2. The molecule has 0 aromatic carbocycles. The van der Waals surface area contributed by atoms with E-state index in [4.69, 9.17) is 12.3 Å². The summed E-state index contributed by atoms with van der Waals surface area (Å²) in [7, 11) is -6.47. The lowest BCUT2D eigenvalue weighted by molar-refractivity contribution is 0.352. The number of hydrogen-bond acceptors (Lipinski definition) is 3. The maximum absolute atomic E-state index is 6.14. The van der Waals surface area contributed by atoms with Gasteiger partial charge in [-0.05, 0) is 58.9 Å². The van der Waals surface area contributed by atoms with Gasteiger partial charge in [0.05, 0.1) is 0 Å². The molecule has 0 saturated carbocycles. The summed E-state index contributed by atoms with van der Waals surface area (Å²) in [4.78, 5) is 0. The van der Waals surface area contributed by atoms with Gasteiger partial charge in [0.1, 0.15) is 0 Å². The fraction of sp³-hybridized carbons (Fsp3) is 1.00. The van der Waals surface area contributed by atoms with Gasteiger partial charge < -0.3 is 12.3 Å². The summed E-state index contributed by atoms with van der Waals surface area (Å²) in [5, 5.41) is 0. The van der Waals surface area contributed by atoms with E-state index < -0.39 is 34.5 Å². The molecule has 0 aliphatic rings. The first-order valence-corrected chi connectivity index (χ1v) is 17.6. The lowest BCUT2D eigenvalue weighted by atomic mass is 11.8. The van der Waals surface area contributed by atoms with Crippen molar-refractivity contribution in [2.24, 2.45) is 0 Å². The van der Waals surface area contributed by atoms with E-state index in [1.807, 2.05) is 0 Å². The normalized spacial score (nSPS) is 11.9. The Morgan fingerprint density at radius 2 is 0.864 bits per heavy atom. The third-order valence-electron chi connectivity index (χ3n) is 1.52. The molecule has 0 amide bonds. The van der Waals surface area contributed by atoms with Crippen molar-refractivity contribution in [3.8, 4) is 0 Å². The van der Waals surface area contributed by atoms with Gasteiger partial charge in [-0.25, -0.2) is 0 Å². The van der Waals surface area contributed by atoms with Crippen LogP contribution in [-0.4, -0.2) is 34.5 Å². The maximum Gasteiger partial charge on any atom is 0.312 e. The van der Waals surface area contributed by atoms with Crippen molar-refractivity contribution in [3.05, 3.63) is 0 Å². The number of rotatable bonds is 6. The average Bonchev–Trinajstić information content (AvgIpc) is 1.70. The van der Waals surface area contributed by atoms with Crippen LogP contribution < -0.4 is 0 Å². The molecule has 1 unspecified atom stereocenters. The van der Waals surface area contributed by atoms with Crippen molar-refractivity contribution >= 4 is 34.5 Å². The highest BCUT2D eigenvalue weighted by molar-refractivity contribution is 6.84. The fourth-order valence-corrected chi connectivity index (χ4v) is 16.0. The smallest absolute Gasteiger partial charge is 0.312 e. The second kappa shape index (κ2) is 15.3. The number of hydrogen-bond donors (Lipinski definition) is 0. The Morgan fingerprint density at radius 3 is 1.09 bits per heavy atom. The van der Waals surface area contributed by atoms with E-state index in [9.17, 15) is 0 Å². The first-order chi connectivity index (χ1) is 6.81. The van der Waals surface area contributed by atoms with Crippen LogP contribution in [0.3, 0.4) is 0 Å². The zero-order valence-corrected chi connectivity index (χ0v) is 16.5. The molecule has 0 N–H and O–H groups in total. The van der Waals surface area contributed by atoms with E-state index >= 15 is 0 Å². The fourth-order valence-electron chi connectivity index (χ4n) is 1.68. The van der Waals surface area contributed by atoms with Crippen molar-refractivity contribution in [3.63, 3.8) is 0 Å². The van der Waals surface area contributed by atoms with Gasteiger partial charge in [-0.3, -0.25) is 0 Å². The van der Waals surface area contributed by atoms with Crippen molar-refractivity contribution in [2.45, 2.75) is 103 Å². The SMILES string of the molecule is C.C.C.C.C.C.C[SiH](O[Si](C)(C)C)O[Si](C)(C)O[Si](C)(C)C. The maximum atomic E-state index is 6.14. The minimum atomic E-state index is -1.98. The largest absolute Gasteiger partial charge is 0.439 e. The van der Waals surface area contributed by atoms with E-state index in [1.54, 1.807) is 0 Å². The molecule has 0 rings (SSSR count). The molecule has 0 saturated heterocycles. The van der Waals surface area contributed by atoms with Gasteiger partial charge in [-0.1, -0.05) is 44.6 Å². The quantitative estimate of drug-likeness (QED) is 0.452. The summed E-state index contributed by atoms with van der Waals surface area (Å²) in [6.07, 6.45) is 0. The molecular formula is C15H52O3Si4. The second-order valence-electron chi connectivity index (χ2n) is 6.53. The van der Waals surface area contributed by atoms with Crippen LogP contribution >= 0.6 is 0 Å². The van der Waals surface area contributed by atoms with Crippen LogP contribution in [0.15, 0.2) is 0 Å². The highest BCUT2D eigenvalue weighted by Gasteiger charge is 2.34.